The fraction of sp³-hybridized carbons (Fsp3) is 0.833. The molecule has 0 spiro atoms. The van der Waals surface area contributed by atoms with E-state index in [1.807, 2.05) is 18.7 Å². The zero-order chi connectivity index (χ0) is 12.7. The van der Waals surface area contributed by atoms with Gasteiger partial charge in [0.1, 0.15) is 0 Å². The Hall–Kier alpha value is -0.640. The smallest absolute Gasteiger partial charge is 0.225 e. The van der Waals surface area contributed by atoms with Crippen LogP contribution in [-0.2, 0) is 4.79 Å². The molecule has 0 aliphatic heterocycles. The summed E-state index contributed by atoms with van der Waals surface area (Å²) < 4.78 is 0. The molecule has 0 aliphatic carbocycles. The maximum atomic E-state index is 11.9. The first-order valence-electron chi connectivity index (χ1n) is 5.91. The summed E-state index contributed by atoms with van der Waals surface area (Å²) in [6, 6.07) is 0. The standard InChI is InChI=1S/C12H24N2OS/c1-9(2)5-7-14(8-6-11(13)16)12(15)10(3)4/h9-10H,5-8H2,1-4H3,(H2,13,16). The fourth-order valence-corrected chi connectivity index (χ4v) is 1.45. The number of hydrogen-bond donors (Lipinski definition) is 1. The molecule has 0 bridgehead atoms. The Morgan fingerprint density at radius 3 is 2.19 bits per heavy atom. The second kappa shape index (κ2) is 7.60. The van der Waals surface area contributed by atoms with Crippen molar-refractivity contribution in [2.24, 2.45) is 17.6 Å². The molecular weight excluding hydrogens is 220 g/mol. The first-order chi connectivity index (χ1) is 7.34. The zero-order valence-electron chi connectivity index (χ0n) is 10.8. The average Bonchev–Trinajstić information content (AvgIpc) is 2.16. The Morgan fingerprint density at radius 1 is 1.25 bits per heavy atom. The van der Waals surface area contributed by atoms with Gasteiger partial charge in [-0.25, -0.2) is 0 Å². The molecule has 0 heterocycles. The van der Waals surface area contributed by atoms with Gasteiger partial charge in [-0.3, -0.25) is 4.79 Å². The minimum atomic E-state index is 0.0403. The minimum absolute atomic E-state index is 0.0403. The molecule has 1 amide bonds. The average molecular weight is 244 g/mol. The first-order valence-corrected chi connectivity index (χ1v) is 6.32. The van der Waals surface area contributed by atoms with Crippen LogP contribution in [0.5, 0.6) is 0 Å². The van der Waals surface area contributed by atoms with E-state index in [1.54, 1.807) is 0 Å². The van der Waals surface area contributed by atoms with Crippen LogP contribution in [0.15, 0.2) is 0 Å². The lowest BCUT2D eigenvalue weighted by Gasteiger charge is -2.25. The molecule has 0 aliphatic rings. The van der Waals surface area contributed by atoms with Gasteiger partial charge in [-0.2, -0.15) is 0 Å². The van der Waals surface area contributed by atoms with Gasteiger partial charge in [-0.1, -0.05) is 39.9 Å². The molecule has 0 unspecified atom stereocenters. The summed E-state index contributed by atoms with van der Waals surface area (Å²) in [4.78, 5) is 14.3. The number of nitrogens with two attached hydrogens (primary N) is 1. The Balaban J connectivity index is 4.26. The van der Waals surface area contributed by atoms with Gasteiger partial charge in [0.05, 0.1) is 4.99 Å². The van der Waals surface area contributed by atoms with Crippen LogP contribution in [0.25, 0.3) is 0 Å². The molecule has 0 aromatic heterocycles. The third-order valence-electron chi connectivity index (χ3n) is 2.41. The zero-order valence-corrected chi connectivity index (χ0v) is 11.6. The van der Waals surface area contributed by atoms with Crippen LogP contribution in [0.3, 0.4) is 0 Å². The molecule has 2 N–H and O–H groups in total. The number of hydrogen-bond acceptors (Lipinski definition) is 2. The Kier molecular flexibility index (Phi) is 7.30. The minimum Gasteiger partial charge on any atom is -0.393 e. The van der Waals surface area contributed by atoms with Gasteiger partial charge >= 0.3 is 0 Å². The highest BCUT2D eigenvalue weighted by molar-refractivity contribution is 7.80. The highest BCUT2D eigenvalue weighted by Gasteiger charge is 2.16. The van der Waals surface area contributed by atoms with E-state index in [1.165, 1.54) is 0 Å². The summed E-state index contributed by atoms with van der Waals surface area (Å²) in [6.07, 6.45) is 1.64. The number of rotatable bonds is 7. The van der Waals surface area contributed by atoms with Gasteiger partial charge in [0.2, 0.25) is 5.91 Å². The number of carbonyl (C=O) groups is 1. The molecule has 0 rings (SSSR count). The maximum Gasteiger partial charge on any atom is 0.225 e. The van der Waals surface area contributed by atoms with E-state index in [2.05, 4.69) is 13.8 Å². The second-order valence-corrected chi connectivity index (χ2v) is 5.40. The highest BCUT2D eigenvalue weighted by Crippen LogP contribution is 2.07. The van der Waals surface area contributed by atoms with Crippen LogP contribution in [0.4, 0.5) is 0 Å². The molecule has 0 radical (unpaired) electrons. The van der Waals surface area contributed by atoms with Gasteiger partial charge in [0.25, 0.3) is 0 Å². The molecule has 0 atom stereocenters. The van der Waals surface area contributed by atoms with E-state index in [9.17, 15) is 4.79 Å². The topological polar surface area (TPSA) is 46.3 Å². The van der Waals surface area contributed by atoms with E-state index < -0.39 is 0 Å². The van der Waals surface area contributed by atoms with Crippen LogP contribution in [0, 0.1) is 11.8 Å². The monoisotopic (exact) mass is 244 g/mol. The van der Waals surface area contributed by atoms with Crippen molar-refractivity contribution in [2.45, 2.75) is 40.5 Å². The number of nitrogens with zero attached hydrogens (tertiary/aromatic N) is 1. The van der Waals surface area contributed by atoms with Crippen LogP contribution in [-0.4, -0.2) is 28.9 Å². The van der Waals surface area contributed by atoms with Crippen molar-refractivity contribution in [1.29, 1.82) is 0 Å². The van der Waals surface area contributed by atoms with Crippen molar-refractivity contribution in [2.75, 3.05) is 13.1 Å². The Bertz CT molecular complexity index is 239. The van der Waals surface area contributed by atoms with Crippen molar-refractivity contribution >= 4 is 23.1 Å². The molecule has 4 heteroatoms. The van der Waals surface area contributed by atoms with E-state index >= 15 is 0 Å². The van der Waals surface area contributed by atoms with Crippen molar-refractivity contribution in [3.05, 3.63) is 0 Å². The van der Waals surface area contributed by atoms with E-state index in [-0.39, 0.29) is 11.8 Å². The summed E-state index contributed by atoms with van der Waals surface area (Å²) in [5.41, 5.74) is 5.47. The summed E-state index contributed by atoms with van der Waals surface area (Å²) in [7, 11) is 0. The van der Waals surface area contributed by atoms with Crippen LogP contribution in [0.2, 0.25) is 0 Å². The molecule has 0 saturated carbocycles. The molecule has 94 valence electrons. The predicted molar refractivity (Wildman–Crippen MR) is 72.3 cm³/mol. The van der Waals surface area contributed by atoms with Crippen LogP contribution in [0.1, 0.15) is 40.5 Å². The van der Waals surface area contributed by atoms with Crippen molar-refractivity contribution in [3.63, 3.8) is 0 Å². The lowest BCUT2D eigenvalue weighted by atomic mass is 10.1. The molecule has 0 fully saturated rings. The summed E-state index contributed by atoms with van der Waals surface area (Å²) in [5, 5.41) is 0. The summed E-state index contributed by atoms with van der Waals surface area (Å²) >= 11 is 4.84. The molecule has 16 heavy (non-hydrogen) atoms. The van der Waals surface area contributed by atoms with Gasteiger partial charge in [0, 0.05) is 25.4 Å². The van der Waals surface area contributed by atoms with Gasteiger partial charge in [0.15, 0.2) is 0 Å². The van der Waals surface area contributed by atoms with Crippen LogP contribution < -0.4 is 5.73 Å². The number of amides is 1. The number of thiocarbonyl (C=S) groups is 1. The second-order valence-electron chi connectivity index (χ2n) is 4.88. The highest BCUT2D eigenvalue weighted by atomic mass is 32.1. The van der Waals surface area contributed by atoms with Gasteiger partial charge in [-0.15, -0.1) is 0 Å². The lowest BCUT2D eigenvalue weighted by molar-refractivity contribution is -0.134. The van der Waals surface area contributed by atoms with Crippen molar-refractivity contribution < 1.29 is 4.79 Å². The predicted octanol–water partition coefficient (Wildman–Crippen LogP) is 2.19. The Labute approximate surface area is 104 Å². The summed E-state index contributed by atoms with van der Waals surface area (Å²) in [6.45, 7) is 9.62. The molecule has 0 aromatic carbocycles. The van der Waals surface area contributed by atoms with E-state index in [0.29, 0.717) is 23.9 Å². The first kappa shape index (κ1) is 15.4. The molecule has 0 aromatic rings. The van der Waals surface area contributed by atoms with Crippen LogP contribution >= 0.6 is 12.2 Å². The third-order valence-corrected chi connectivity index (χ3v) is 2.61. The van der Waals surface area contributed by atoms with Gasteiger partial charge < -0.3 is 10.6 Å². The quantitative estimate of drug-likeness (QED) is 0.698. The summed E-state index contributed by atoms with van der Waals surface area (Å²) in [5.74, 6) is 0.836. The van der Waals surface area contributed by atoms with Crippen molar-refractivity contribution in [3.8, 4) is 0 Å². The van der Waals surface area contributed by atoms with Gasteiger partial charge in [-0.05, 0) is 12.3 Å². The van der Waals surface area contributed by atoms with Crippen molar-refractivity contribution in [1.82, 2.24) is 4.90 Å². The SMILES string of the molecule is CC(C)CCN(CCC(N)=S)C(=O)C(C)C. The van der Waals surface area contributed by atoms with E-state index in [0.717, 1.165) is 13.0 Å². The maximum absolute atomic E-state index is 11.9. The largest absolute Gasteiger partial charge is 0.393 e. The lowest BCUT2D eigenvalue weighted by Crippen LogP contribution is -2.37. The fourth-order valence-electron chi connectivity index (χ4n) is 1.36. The molecule has 3 nitrogen and oxygen atoms in total. The normalized spacial score (nSPS) is 10.9. The van der Waals surface area contributed by atoms with E-state index in [4.69, 9.17) is 18.0 Å². The third kappa shape index (κ3) is 6.77. The molecule has 0 saturated heterocycles. The number of carbonyl (C=O) groups excluding carboxylic acids is 1. The molecular formula is C12H24N2OS. The Morgan fingerprint density at radius 2 is 1.81 bits per heavy atom.